The summed E-state index contributed by atoms with van der Waals surface area (Å²) < 4.78 is 23.3. The van der Waals surface area contributed by atoms with Gasteiger partial charge in [-0.3, -0.25) is 4.72 Å². The van der Waals surface area contributed by atoms with Gasteiger partial charge in [0, 0.05) is 0 Å². The number of rotatable bonds is 3. The van der Waals surface area contributed by atoms with Gasteiger partial charge in [0.05, 0.1) is 17.9 Å². The number of benzene rings is 1. The molecule has 1 aromatic carbocycles. The summed E-state index contributed by atoms with van der Waals surface area (Å²) >= 11 is -1.49. The Hall–Kier alpha value is -1.56. The number of nitrogens with one attached hydrogen (secondary N) is 1. The Kier molecular flexibility index (Phi) is 3.09. The monoisotopic (exact) mass is 239 g/mol. The molecule has 3 N–H and O–H groups in total. The van der Waals surface area contributed by atoms with Crippen molar-refractivity contribution in [2.45, 2.75) is 13.3 Å². The second kappa shape index (κ2) is 4.52. The van der Waals surface area contributed by atoms with Gasteiger partial charge in [0.25, 0.3) is 0 Å². The fraction of sp³-hybridized carbons (Fsp3) is 0.300. The third kappa shape index (κ3) is 2.01. The van der Waals surface area contributed by atoms with Crippen LogP contribution in [0.5, 0.6) is 5.75 Å². The van der Waals surface area contributed by atoms with Crippen LogP contribution in [0.4, 0.5) is 5.69 Å². The van der Waals surface area contributed by atoms with Gasteiger partial charge < -0.3 is 10.5 Å². The van der Waals surface area contributed by atoms with Gasteiger partial charge in [-0.05, 0) is 18.6 Å². The van der Waals surface area contributed by atoms with E-state index in [0.29, 0.717) is 23.6 Å². The summed E-state index contributed by atoms with van der Waals surface area (Å²) in [5.41, 5.74) is 7.13. The van der Waals surface area contributed by atoms with Crippen molar-refractivity contribution in [3.8, 4) is 5.75 Å². The van der Waals surface area contributed by atoms with Crippen LogP contribution in [0.2, 0.25) is 0 Å². The molecule has 0 fully saturated rings. The zero-order valence-corrected chi connectivity index (χ0v) is 9.71. The molecule has 0 saturated carbocycles. The fourth-order valence-electron chi connectivity index (χ4n) is 1.46. The van der Waals surface area contributed by atoms with E-state index in [4.69, 9.17) is 10.5 Å². The van der Waals surface area contributed by atoms with Crippen LogP contribution in [0.25, 0.3) is 0 Å². The molecule has 0 saturated heterocycles. The van der Waals surface area contributed by atoms with Gasteiger partial charge in [-0.15, -0.1) is 0 Å². The average Bonchev–Trinajstić information content (AvgIpc) is 2.25. The molecule has 0 bridgehead atoms. The summed E-state index contributed by atoms with van der Waals surface area (Å²) in [6.07, 6.45) is 0.917. The predicted octanol–water partition coefficient (Wildman–Crippen LogP) is 1.18. The molecule has 2 rings (SSSR count). The molecule has 5 nitrogen and oxygen atoms in total. The summed E-state index contributed by atoms with van der Waals surface area (Å²) in [6.45, 7) is 2.65. The predicted molar refractivity (Wildman–Crippen MR) is 64.7 cm³/mol. The van der Waals surface area contributed by atoms with Crippen molar-refractivity contribution in [1.82, 2.24) is 0 Å². The van der Waals surface area contributed by atoms with Crippen LogP contribution in [-0.2, 0) is 11.2 Å². The second-order valence-corrected chi connectivity index (χ2v) is 4.24. The molecule has 1 atom stereocenters. The zero-order valence-electron chi connectivity index (χ0n) is 8.90. The Bertz CT molecular complexity index is 459. The van der Waals surface area contributed by atoms with Gasteiger partial charge in [0.2, 0.25) is 11.2 Å². The van der Waals surface area contributed by atoms with Gasteiger partial charge in [-0.2, -0.15) is 4.40 Å². The number of fused-ring (bicyclic) bond motifs is 1. The van der Waals surface area contributed by atoms with Crippen LogP contribution in [-0.4, -0.2) is 16.7 Å². The minimum absolute atomic E-state index is 0.249. The van der Waals surface area contributed by atoms with Gasteiger partial charge in [-0.25, -0.2) is 4.21 Å². The Morgan fingerprint density at radius 2 is 2.38 bits per heavy atom. The number of nitrogens with zero attached hydrogens (tertiary/aromatic N) is 1. The molecule has 0 aromatic heterocycles. The molecule has 6 heteroatoms. The molecule has 1 aliphatic heterocycles. The molecule has 1 aliphatic rings. The number of ether oxygens (including phenoxy) is 1. The van der Waals surface area contributed by atoms with E-state index in [1.807, 2.05) is 19.1 Å². The molecular formula is C10H13N3O2S. The lowest BCUT2D eigenvalue weighted by Crippen LogP contribution is -2.24. The summed E-state index contributed by atoms with van der Waals surface area (Å²) in [6, 6.07) is 5.45. The highest BCUT2D eigenvalue weighted by Crippen LogP contribution is 2.29. The smallest absolute Gasteiger partial charge is 0.245 e. The van der Waals surface area contributed by atoms with Crippen LogP contribution in [0, 0.1) is 0 Å². The van der Waals surface area contributed by atoms with Crippen molar-refractivity contribution < 1.29 is 8.95 Å². The third-order valence-electron chi connectivity index (χ3n) is 2.12. The molecule has 1 unspecified atom stereocenters. The first-order valence-corrected chi connectivity index (χ1v) is 6.12. The molecule has 0 radical (unpaired) electrons. The maximum atomic E-state index is 11.3. The molecule has 0 amide bonds. The number of anilines is 1. The summed E-state index contributed by atoms with van der Waals surface area (Å²) in [5, 5.41) is 0. The van der Waals surface area contributed by atoms with E-state index in [1.54, 1.807) is 6.07 Å². The topological polar surface area (TPSA) is 76.7 Å². The number of hydrogen-bond donors (Lipinski definition) is 2. The zero-order chi connectivity index (χ0) is 11.5. The molecule has 0 aliphatic carbocycles. The highest BCUT2D eigenvalue weighted by atomic mass is 32.2. The number of hydrogen-bond acceptors (Lipinski definition) is 3. The highest BCUT2D eigenvalue weighted by molar-refractivity contribution is 7.85. The van der Waals surface area contributed by atoms with Crippen LogP contribution < -0.4 is 15.2 Å². The summed E-state index contributed by atoms with van der Waals surface area (Å²) in [4.78, 5) is 0. The van der Waals surface area contributed by atoms with E-state index < -0.39 is 11.2 Å². The minimum Gasteiger partial charge on any atom is -0.493 e. The average molecular weight is 239 g/mol. The van der Waals surface area contributed by atoms with Gasteiger partial charge in [-0.1, -0.05) is 13.0 Å². The van der Waals surface area contributed by atoms with Crippen molar-refractivity contribution in [3.05, 3.63) is 23.8 Å². The number of amidine groups is 1. The Morgan fingerprint density at radius 3 is 3.12 bits per heavy atom. The fourth-order valence-corrected chi connectivity index (χ4v) is 2.14. The highest BCUT2D eigenvalue weighted by Gasteiger charge is 2.19. The van der Waals surface area contributed by atoms with Crippen molar-refractivity contribution in [2.75, 3.05) is 11.3 Å². The summed E-state index contributed by atoms with van der Waals surface area (Å²) in [5.74, 6) is 0.920. The standard InChI is InChI=1S/C10H13N3O2S/c1-2-6-15-8-5-3-4-7-9(8)10(11)13-16(14)12-7/h3-5,12H,2,6H2,1H3,(H2,11,13). The largest absolute Gasteiger partial charge is 0.493 e. The molecule has 86 valence electrons. The first-order chi connectivity index (χ1) is 7.72. The normalized spacial score (nSPS) is 18.3. The van der Waals surface area contributed by atoms with E-state index in [2.05, 4.69) is 9.12 Å². The first-order valence-electron chi connectivity index (χ1n) is 5.01. The van der Waals surface area contributed by atoms with E-state index in [1.165, 1.54) is 0 Å². The minimum atomic E-state index is -1.49. The molecular weight excluding hydrogens is 226 g/mol. The quantitative estimate of drug-likeness (QED) is 0.831. The second-order valence-electron chi connectivity index (χ2n) is 3.35. The Balaban J connectivity index is 2.41. The van der Waals surface area contributed by atoms with Crippen molar-refractivity contribution >= 4 is 22.7 Å². The molecule has 1 aromatic rings. The van der Waals surface area contributed by atoms with Crippen LogP contribution in [0.15, 0.2) is 22.6 Å². The van der Waals surface area contributed by atoms with Gasteiger partial charge in [0.1, 0.15) is 11.6 Å². The van der Waals surface area contributed by atoms with Gasteiger partial charge >= 0.3 is 0 Å². The van der Waals surface area contributed by atoms with Crippen molar-refractivity contribution in [1.29, 1.82) is 0 Å². The Labute approximate surface area is 96.4 Å². The lowest BCUT2D eigenvalue weighted by molar-refractivity contribution is 0.317. The molecule has 16 heavy (non-hydrogen) atoms. The summed E-state index contributed by atoms with van der Waals surface area (Å²) in [7, 11) is 0. The van der Waals surface area contributed by atoms with E-state index in [0.717, 1.165) is 6.42 Å². The maximum absolute atomic E-state index is 11.3. The van der Waals surface area contributed by atoms with Crippen molar-refractivity contribution in [3.63, 3.8) is 0 Å². The van der Waals surface area contributed by atoms with Crippen LogP contribution in [0.1, 0.15) is 18.9 Å². The number of nitrogens with two attached hydrogens (primary N) is 1. The maximum Gasteiger partial charge on any atom is 0.245 e. The van der Waals surface area contributed by atoms with Gasteiger partial charge in [0.15, 0.2) is 0 Å². The SMILES string of the molecule is CCCOc1cccc2c1C(N)=NS(=O)N2. The van der Waals surface area contributed by atoms with Crippen molar-refractivity contribution in [2.24, 2.45) is 10.1 Å². The Morgan fingerprint density at radius 1 is 1.56 bits per heavy atom. The van der Waals surface area contributed by atoms with E-state index in [-0.39, 0.29) is 5.84 Å². The molecule has 0 spiro atoms. The van der Waals surface area contributed by atoms with E-state index >= 15 is 0 Å². The first kappa shape index (κ1) is 10.9. The van der Waals surface area contributed by atoms with Crippen LogP contribution >= 0.6 is 0 Å². The third-order valence-corrected chi connectivity index (χ3v) is 2.88. The van der Waals surface area contributed by atoms with E-state index in [9.17, 15) is 4.21 Å². The van der Waals surface area contributed by atoms with Crippen LogP contribution in [0.3, 0.4) is 0 Å². The lowest BCUT2D eigenvalue weighted by Gasteiger charge is -2.18. The molecule has 1 heterocycles. The lowest BCUT2D eigenvalue weighted by atomic mass is 10.1.